The van der Waals surface area contributed by atoms with Crippen molar-refractivity contribution in [2.24, 2.45) is 0 Å². The van der Waals surface area contributed by atoms with Crippen molar-refractivity contribution in [2.75, 3.05) is 13.1 Å². The van der Waals surface area contributed by atoms with Crippen molar-refractivity contribution in [3.05, 3.63) is 83.4 Å². The van der Waals surface area contributed by atoms with E-state index < -0.39 is 48.2 Å². The lowest BCUT2D eigenvalue weighted by atomic mass is 9.95. The monoisotopic (exact) mass is 544 g/mol. The van der Waals surface area contributed by atoms with Gasteiger partial charge in [-0.25, -0.2) is 26.7 Å². The highest BCUT2D eigenvalue weighted by molar-refractivity contribution is 5.98. The van der Waals surface area contributed by atoms with E-state index in [1.54, 1.807) is 6.07 Å². The molecule has 4 aromatic rings. The van der Waals surface area contributed by atoms with Crippen molar-refractivity contribution in [1.82, 2.24) is 10.2 Å². The highest BCUT2D eigenvalue weighted by Gasteiger charge is 2.36. The summed E-state index contributed by atoms with van der Waals surface area (Å²) >= 11 is 0. The van der Waals surface area contributed by atoms with Crippen molar-refractivity contribution in [3.63, 3.8) is 0 Å². The van der Waals surface area contributed by atoms with Crippen molar-refractivity contribution < 1.29 is 41.1 Å². The van der Waals surface area contributed by atoms with Crippen LogP contribution in [0.3, 0.4) is 0 Å². The molecule has 3 aromatic carbocycles. The fraction of sp³-hybridized carbons (Fsp3) is 0.214. The van der Waals surface area contributed by atoms with E-state index in [2.05, 4.69) is 5.32 Å². The molecule has 2 amide bonds. The summed E-state index contributed by atoms with van der Waals surface area (Å²) in [5.41, 5.74) is 0.681. The highest BCUT2D eigenvalue weighted by atomic mass is 19.3. The van der Waals surface area contributed by atoms with Gasteiger partial charge in [-0.1, -0.05) is 6.07 Å². The Labute approximate surface area is 218 Å². The predicted molar refractivity (Wildman–Crippen MR) is 132 cm³/mol. The molecule has 0 saturated carbocycles. The summed E-state index contributed by atoms with van der Waals surface area (Å²) in [5, 5.41) is 11.5. The van der Waals surface area contributed by atoms with Gasteiger partial charge in [-0.2, -0.15) is 0 Å². The van der Waals surface area contributed by atoms with E-state index in [4.69, 9.17) is 9.52 Å². The van der Waals surface area contributed by atoms with Gasteiger partial charge in [-0.3, -0.25) is 4.79 Å². The first-order chi connectivity index (χ1) is 18.5. The van der Waals surface area contributed by atoms with E-state index >= 15 is 4.39 Å². The number of benzene rings is 3. The molecule has 5 rings (SSSR count). The lowest BCUT2D eigenvalue weighted by molar-refractivity contribution is -0.0494. The number of carbonyl (C=O) groups is 2. The number of rotatable bonds is 5. The molecule has 0 bridgehead atoms. The van der Waals surface area contributed by atoms with Gasteiger partial charge < -0.3 is 19.7 Å². The van der Waals surface area contributed by atoms with Crippen molar-refractivity contribution in [2.45, 2.75) is 25.3 Å². The number of fused-ring (bicyclic) bond motifs is 1. The molecular weight excluding hydrogens is 523 g/mol. The molecule has 39 heavy (non-hydrogen) atoms. The molecule has 0 aliphatic carbocycles. The molecule has 2 N–H and O–H groups in total. The number of hydrogen-bond donors (Lipinski definition) is 2. The standard InChI is InChI=1S/C28H21F5N2O4/c29-18-2-4-21(24(31)13-18)22-11-16(9-17-10-19(39-25(17)22)14-34-27(37)38)20-3-1-15(12-23(20)30)26(36)35-7-5-28(32,33)6-8-35/h1-4,9-13,34H,5-8,14H2,(H,37,38). The van der Waals surface area contributed by atoms with Crippen molar-refractivity contribution in [1.29, 1.82) is 0 Å². The third-order valence-corrected chi connectivity index (χ3v) is 6.61. The summed E-state index contributed by atoms with van der Waals surface area (Å²) in [6, 6.07) is 11.2. The smallest absolute Gasteiger partial charge is 0.405 e. The summed E-state index contributed by atoms with van der Waals surface area (Å²) in [4.78, 5) is 24.9. The minimum absolute atomic E-state index is 0.00214. The topological polar surface area (TPSA) is 82.8 Å². The quantitative estimate of drug-likeness (QED) is 0.270. The van der Waals surface area contributed by atoms with Gasteiger partial charge >= 0.3 is 6.09 Å². The zero-order valence-corrected chi connectivity index (χ0v) is 20.2. The van der Waals surface area contributed by atoms with Gasteiger partial charge in [0.2, 0.25) is 0 Å². The molecule has 6 nitrogen and oxygen atoms in total. The van der Waals surface area contributed by atoms with Crippen LogP contribution in [-0.4, -0.2) is 41.0 Å². The first-order valence-corrected chi connectivity index (χ1v) is 12.0. The number of nitrogens with one attached hydrogen (secondary N) is 1. The summed E-state index contributed by atoms with van der Waals surface area (Å²) in [7, 11) is 0. The van der Waals surface area contributed by atoms with Crippen LogP contribution in [-0.2, 0) is 6.54 Å². The highest BCUT2D eigenvalue weighted by Crippen LogP contribution is 2.38. The fourth-order valence-electron chi connectivity index (χ4n) is 4.62. The number of carboxylic acid groups (broad SMARTS) is 1. The Hall–Kier alpha value is -4.41. The van der Waals surface area contributed by atoms with E-state index in [0.29, 0.717) is 11.5 Å². The number of carbonyl (C=O) groups excluding carboxylic acids is 1. The first kappa shape index (κ1) is 26.2. The van der Waals surface area contributed by atoms with Gasteiger partial charge in [0.15, 0.2) is 0 Å². The molecule has 0 radical (unpaired) electrons. The van der Waals surface area contributed by atoms with E-state index in [-0.39, 0.29) is 58.8 Å². The maximum atomic E-state index is 15.4. The molecule has 1 aliphatic heterocycles. The zero-order chi connectivity index (χ0) is 27.9. The second-order valence-corrected chi connectivity index (χ2v) is 9.28. The Morgan fingerprint density at radius 3 is 2.26 bits per heavy atom. The SMILES string of the molecule is O=C(O)NCc1cc2cc(-c3ccc(C(=O)N4CCC(F)(F)CC4)cc3F)cc(-c3ccc(F)cc3F)c2o1. The first-order valence-electron chi connectivity index (χ1n) is 12.0. The number of halogens is 5. The maximum absolute atomic E-state index is 15.4. The van der Waals surface area contributed by atoms with Gasteiger partial charge in [0, 0.05) is 59.6 Å². The van der Waals surface area contributed by atoms with E-state index in [1.165, 1.54) is 35.2 Å². The molecule has 202 valence electrons. The summed E-state index contributed by atoms with van der Waals surface area (Å²) in [6.07, 6.45) is -2.20. The number of furan rings is 1. The van der Waals surface area contributed by atoms with Crippen LogP contribution in [0.5, 0.6) is 0 Å². The van der Waals surface area contributed by atoms with Crippen LogP contribution in [0.15, 0.2) is 59.0 Å². The molecule has 0 unspecified atom stereocenters. The van der Waals surface area contributed by atoms with Gasteiger partial charge in [-0.05, 0) is 48.0 Å². The number of alkyl halides is 2. The van der Waals surface area contributed by atoms with Crippen molar-refractivity contribution in [3.8, 4) is 22.3 Å². The minimum Gasteiger partial charge on any atom is -0.465 e. The Kier molecular flexibility index (Phi) is 6.75. The van der Waals surface area contributed by atoms with E-state index in [1.807, 2.05) is 0 Å². The molecule has 1 aliphatic rings. The Morgan fingerprint density at radius 1 is 0.897 bits per heavy atom. The molecule has 0 atom stereocenters. The predicted octanol–water partition coefficient (Wildman–Crippen LogP) is 6.82. The lowest BCUT2D eigenvalue weighted by Gasteiger charge is -2.31. The number of piperidine rings is 1. The number of nitrogens with zero attached hydrogens (tertiary/aromatic N) is 1. The van der Waals surface area contributed by atoms with Crippen LogP contribution in [0.25, 0.3) is 33.2 Å². The average molecular weight is 544 g/mol. The van der Waals surface area contributed by atoms with E-state index in [0.717, 1.165) is 12.1 Å². The van der Waals surface area contributed by atoms with Crippen LogP contribution >= 0.6 is 0 Å². The van der Waals surface area contributed by atoms with E-state index in [9.17, 15) is 27.2 Å². The van der Waals surface area contributed by atoms with Crippen LogP contribution in [0.1, 0.15) is 29.0 Å². The largest absolute Gasteiger partial charge is 0.465 e. The molecule has 1 saturated heterocycles. The Morgan fingerprint density at radius 2 is 1.59 bits per heavy atom. The molecule has 11 heteroatoms. The minimum atomic E-state index is -2.83. The Balaban J connectivity index is 1.55. The summed E-state index contributed by atoms with van der Waals surface area (Å²) < 4.78 is 76.4. The average Bonchev–Trinajstić information content (AvgIpc) is 3.30. The summed E-state index contributed by atoms with van der Waals surface area (Å²) in [6.45, 7) is -0.464. The third kappa shape index (κ3) is 5.43. The molecule has 1 fully saturated rings. The van der Waals surface area contributed by atoms with Crippen LogP contribution in [0.4, 0.5) is 26.7 Å². The molecule has 0 spiro atoms. The normalized spacial score (nSPS) is 14.9. The molecule has 1 aromatic heterocycles. The van der Waals surface area contributed by atoms with Gasteiger partial charge in [0.05, 0.1) is 6.54 Å². The second-order valence-electron chi connectivity index (χ2n) is 9.28. The van der Waals surface area contributed by atoms with Gasteiger partial charge in [-0.15, -0.1) is 0 Å². The number of likely N-dealkylation sites (tertiary alicyclic amines) is 1. The molecular formula is C28H21F5N2O4. The lowest BCUT2D eigenvalue weighted by Crippen LogP contribution is -2.42. The third-order valence-electron chi connectivity index (χ3n) is 6.61. The summed E-state index contributed by atoms with van der Waals surface area (Å²) in [5.74, 6) is -5.64. The zero-order valence-electron chi connectivity index (χ0n) is 20.2. The maximum Gasteiger partial charge on any atom is 0.405 e. The number of hydrogen-bond acceptors (Lipinski definition) is 3. The Bertz CT molecular complexity index is 1590. The van der Waals surface area contributed by atoms with Crippen LogP contribution in [0.2, 0.25) is 0 Å². The van der Waals surface area contributed by atoms with Gasteiger partial charge in [0.1, 0.15) is 28.8 Å². The van der Waals surface area contributed by atoms with Crippen LogP contribution < -0.4 is 5.32 Å². The van der Waals surface area contributed by atoms with Crippen molar-refractivity contribution >= 4 is 23.0 Å². The number of amides is 2. The van der Waals surface area contributed by atoms with Crippen LogP contribution in [0, 0.1) is 17.5 Å². The second kappa shape index (κ2) is 10.0. The molecule has 2 heterocycles. The van der Waals surface area contributed by atoms with Gasteiger partial charge in [0.25, 0.3) is 11.8 Å². The fourth-order valence-corrected chi connectivity index (χ4v) is 4.62.